The lowest BCUT2D eigenvalue weighted by Gasteiger charge is -2.03. The molecule has 0 saturated carbocycles. The van der Waals surface area contributed by atoms with Gasteiger partial charge >= 0.3 is 0 Å². The van der Waals surface area contributed by atoms with Crippen molar-refractivity contribution in [3.63, 3.8) is 0 Å². The Morgan fingerprint density at radius 3 is 2.79 bits per heavy atom. The van der Waals surface area contributed by atoms with Crippen LogP contribution in [0.3, 0.4) is 0 Å². The van der Waals surface area contributed by atoms with Gasteiger partial charge in [-0.05, 0) is 12.5 Å². The number of hydrogen-bond donors (Lipinski definition) is 1. The first-order chi connectivity index (χ1) is 9.24. The van der Waals surface area contributed by atoms with E-state index in [4.69, 9.17) is 11.6 Å². The van der Waals surface area contributed by atoms with Gasteiger partial charge in [-0.3, -0.25) is 4.79 Å². The number of thiophene rings is 1. The van der Waals surface area contributed by atoms with Crippen molar-refractivity contribution in [2.24, 2.45) is 0 Å². The van der Waals surface area contributed by atoms with E-state index in [9.17, 15) is 4.79 Å². The Balaban J connectivity index is 1.99. The Hall–Kier alpha value is -1.06. The molecule has 1 N–H and O–H groups in total. The lowest BCUT2D eigenvalue weighted by molar-refractivity contribution is 0.0957. The normalized spacial score (nSPS) is 10.8. The standard InChI is InChI=1S/C15H18ClNOS/c1-2-3-4-7-10-17-15(18)14-13(16)11-8-5-6-9-12(11)19-14/h5-6,8-9H,2-4,7,10H2,1H3,(H,17,18). The minimum absolute atomic E-state index is 0.0531. The third-order valence-corrected chi connectivity index (χ3v) is 4.73. The molecule has 0 aliphatic carbocycles. The predicted molar refractivity (Wildman–Crippen MR) is 83.3 cm³/mol. The molecule has 4 heteroatoms. The van der Waals surface area contributed by atoms with Gasteiger partial charge in [0, 0.05) is 16.6 Å². The molecule has 1 aromatic heterocycles. The van der Waals surface area contributed by atoms with Crippen molar-refractivity contribution in [1.29, 1.82) is 0 Å². The summed E-state index contributed by atoms with van der Waals surface area (Å²) in [5.41, 5.74) is 0. The van der Waals surface area contributed by atoms with Crippen LogP contribution in [0.1, 0.15) is 42.3 Å². The van der Waals surface area contributed by atoms with Crippen molar-refractivity contribution >= 4 is 38.9 Å². The largest absolute Gasteiger partial charge is 0.351 e. The third kappa shape index (κ3) is 3.48. The van der Waals surface area contributed by atoms with Crippen LogP contribution in [0.25, 0.3) is 10.1 Å². The van der Waals surface area contributed by atoms with Crippen molar-refractivity contribution in [1.82, 2.24) is 5.32 Å². The summed E-state index contributed by atoms with van der Waals surface area (Å²) in [5.74, 6) is -0.0531. The van der Waals surface area contributed by atoms with Gasteiger partial charge < -0.3 is 5.32 Å². The van der Waals surface area contributed by atoms with E-state index < -0.39 is 0 Å². The zero-order valence-corrected chi connectivity index (χ0v) is 12.6. The van der Waals surface area contributed by atoms with E-state index in [1.165, 1.54) is 24.2 Å². The second-order valence-electron chi connectivity index (χ2n) is 4.56. The highest BCUT2D eigenvalue weighted by atomic mass is 35.5. The summed E-state index contributed by atoms with van der Waals surface area (Å²) in [7, 11) is 0. The topological polar surface area (TPSA) is 29.1 Å². The van der Waals surface area contributed by atoms with Crippen LogP contribution in [0.2, 0.25) is 5.02 Å². The van der Waals surface area contributed by atoms with E-state index in [2.05, 4.69) is 12.2 Å². The van der Waals surface area contributed by atoms with Crippen molar-refractivity contribution < 1.29 is 4.79 Å². The van der Waals surface area contributed by atoms with Crippen molar-refractivity contribution in [2.45, 2.75) is 32.6 Å². The van der Waals surface area contributed by atoms with Crippen LogP contribution >= 0.6 is 22.9 Å². The van der Waals surface area contributed by atoms with Gasteiger partial charge in [0.2, 0.25) is 0 Å². The van der Waals surface area contributed by atoms with Crippen LogP contribution in [0.4, 0.5) is 0 Å². The lowest BCUT2D eigenvalue weighted by atomic mass is 10.2. The summed E-state index contributed by atoms with van der Waals surface area (Å²) >= 11 is 7.72. The fourth-order valence-electron chi connectivity index (χ4n) is 1.99. The minimum Gasteiger partial charge on any atom is -0.351 e. The monoisotopic (exact) mass is 295 g/mol. The first-order valence-electron chi connectivity index (χ1n) is 6.69. The molecule has 1 aromatic carbocycles. The fourth-order valence-corrected chi connectivity index (χ4v) is 3.43. The van der Waals surface area contributed by atoms with E-state index in [0.717, 1.165) is 29.5 Å². The molecule has 2 rings (SSSR count). The Morgan fingerprint density at radius 2 is 2.05 bits per heavy atom. The molecule has 0 saturated heterocycles. The van der Waals surface area contributed by atoms with Gasteiger partial charge in [-0.25, -0.2) is 0 Å². The van der Waals surface area contributed by atoms with Crippen molar-refractivity contribution in [2.75, 3.05) is 6.54 Å². The zero-order chi connectivity index (χ0) is 13.7. The Kier molecular flexibility index (Phi) is 5.23. The third-order valence-electron chi connectivity index (χ3n) is 3.06. The molecule has 2 nitrogen and oxygen atoms in total. The number of fused-ring (bicyclic) bond motifs is 1. The molecule has 0 radical (unpaired) electrons. The number of benzene rings is 1. The number of nitrogens with one attached hydrogen (secondary N) is 1. The molecule has 0 unspecified atom stereocenters. The zero-order valence-electron chi connectivity index (χ0n) is 11.0. The number of halogens is 1. The van der Waals surface area contributed by atoms with Gasteiger partial charge in [-0.1, -0.05) is 56.0 Å². The Bertz CT molecular complexity index is 564. The molecule has 0 aliphatic heterocycles. The molecule has 0 bridgehead atoms. The van der Waals surface area contributed by atoms with E-state index in [1.54, 1.807) is 0 Å². The molecule has 0 spiro atoms. The van der Waals surface area contributed by atoms with Crippen molar-refractivity contribution in [3.05, 3.63) is 34.2 Å². The van der Waals surface area contributed by atoms with Crippen LogP contribution in [0.5, 0.6) is 0 Å². The highest BCUT2D eigenvalue weighted by Crippen LogP contribution is 2.34. The van der Waals surface area contributed by atoms with Crippen LogP contribution in [-0.2, 0) is 0 Å². The number of hydrogen-bond acceptors (Lipinski definition) is 2. The molecular weight excluding hydrogens is 278 g/mol. The summed E-state index contributed by atoms with van der Waals surface area (Å²) in [6.45, 7) is 2.90. The number of unbranched alkanes of at least 4 members (excludes halogenated alkanes) is 3. The summed E-state index contributed by atoms with van der Waals surface area (Å²) in [6, 6.07) is 7.84. The van der Waals surface area contributed by atoms with E-state index >= 15 is 0 Å². The number of carbonyl (C=O) groups is 1. The van der Waals surface area contributed by atoms with Gasteiger partial charge in [0.25, 0.3) is 5.91 Å². The first-order valence-corrected chi connectivity index (χ1v) is 7.88. The molecule has 102 valence electrons. The van der Waals surface area contributed by atoms with Crippen LogP contribution in [0.15, 0.2) is 24.3 Å². The van der Waals surface area contributed by atoms with Gasteiger partial charge in [0.15, 0.2) is 0 Å². The Labute approximate surface area is 122 Å². The quantitative estimate of drug-likeness (QED) is 0.757. The summed E-state index contributed by atoms with van der Waals surface area (Å²) < 4.78 is 1.06. The summed E-state index contributed by atoms with van der Waals surface area (Å²) in [6.07, 6.45) is 4.62. The fraction of sp³-hybridized carbons (Fsp3) is 0.400. The molecule has 1 heterocycles. The molecule has 0 fully saturated rings. The highest BCUT2D eigenvalue weighted by Gasteiger charge is 2.16. The average molecular weight is 296 g/mol. The molecule has 19 heavy (non-hydrogen) atoms. The molecule has 2 aromatic rings. The minimum atomic E-state index is -0.0531. The van der Waals surface area contributed by atoms with Crippen LogP contribution in [-0.4, -0.2) is 12.5 Å². The van der Waals surface area contributed by atoms with Gasteiger partial charge in [-0.2, -0.15) is 0 Å². The molecule has 1 amide bonds. The number of rotatable bonds is 6. The van der Waals surface area contributed by atoms with E-state index in [0.29, 0.717) is 9.90 Å². The summed E-state index contributed by atoms with van der Waals surface area (Å²) in [5, 5.41) is 4.49. The maximum atomic E-state index is 12.1. The van der Waals surface area contributed by atoms with Gasteiger partial charge in [0.1, 0.15) is 4.88 Å². The van der Waals surface area contributed by atoms with Gasteiger partial charge in [0.05, 0.1) is 5.02 Å². The second-order valence-corrected chi connectivity index (χ2v) is 5.99. The predicted octanol–water partition coefficient (Wildman–Crippen LogP) is 4.86. The number of carbonyl (C=O) groups excluding carboxylic acids is 1. The first kappa shape index (κ1) is 14.4. The Morgan fingerprint density at radius 1 is 1.26 bits per heavy atom. The molecule has 0 atom stereocenters. The molecule has 0 aliphatic rings. The smallest absolute Gasteiger partial charge is 0.262 e. The SMILES string of the molecule is CCCCCCNC(=O)c1sc2ccccc2c1Cl. The van der Waals surface area contributed by atoms with Crippen molar-refractivity contribution in [3.8, 4) is 0 Å². The summed E-state index contributed by atoms with van der Waals surface area (Å²) in [4.78, 5) is 12.7. The number of amides is 1. The lowest BCUT2D eigenvalue weighted by Crippen LogP contribution is -2.23. The van der Waals surface area contributed by atoms with Gasteiger partial charge in [-0.15, -0.1) is 11.3 Å². The highest BCUT2D eigenvalue weighted by molar-refractivity contribution is 7.21. The second kappa shape index (κ2) is 6.92. The van der Waals surface area contributed by atoms with E-state index in [-0.39, 0.29) is 5.91 Å². The average Bonchev–Trinajstić information content (AvgIpc) is 2.76. The maximum Gasteiger partial charge on any atom is 0.262 e. The molecular formula is C15H18ClNOS. The van der Waals surface area contributed by atoms with Crippen LogP contribution in [0, 0.1) is 0 Å². The van der Waals surface area contributed by atoms with Crippen LogP contribution < -0.4 is 5.32 Å². The van der Waals surface area contributed by atoms with E-state index in [1.807, 2.05) is 24.3 Å². The maximum absolute atomic E-state index is 12.1.